The third-order valence-electron chi connectivity index (χ3n) is 5.77. The molecule has 0 unspecified atom stereocenters. The number of carbonyl (C=O) groups is 1. The molecule has 0 radical (unpaired) electrons. The first-order valence-corrected chi connectivity index (χ1v) is 11.3. The van der Waals surface area contributed by atoms with Crippen LogP contribution in [-0.4, -0.2) is 75.4 Å². The van der Waals surface area contributed by atoms with Crippen LogP contribution in [0.15, 0.2) is 23.1 Å². The number of sulfonamides is 1. The van der Waals surface area contributed by atoms with Gasteiger partial charge in [-0.3, -0.25) is 9.69 Å². The number of hydrogen-bond donors (Lipinski definition) is 1. The molecule has 1 aromatic rings. The monoisotopic (exact) mass is 392 g/mol. The van der Waals surface area contributed by atoms with Crippen LogP contribution in [0.1, 0.15) is 25.3 Å². The van der Waals surface area contributed by atoms with Crippen LogP contribution in [0.4, 0.5) is 5.69 Å². The number of piperazine rings is 1. The minimum Gasteiger partial charge on any atom is -0.312 e. The molecule has 1 amide bonds. The summed E-state index contributed by atoms with van der Waals surface area (Å²) in [6.45, 7) is 6.92. The van der Waals surface area contributed by atoms with Crippen molar-refractivity contribution in [1.29, 1.82) is 0 Å². The number of amides is 1. The summed E-state index contributed by atoms with van der Waals surface area (Å²) in [6.07, 6.45) is 2.61. The van der Waals surface area contributed by atoms with Gasteiger partial charge in [0.05, 0.1) is 11.4 Å². The summed E-state index contributed by atoms with van der Waals surface area (Å²) < 4.78 is 27.3. The van der Waals surface area contributed by atoms with E-state index in [1.165, 1.54) is 0 Å². The molecule has 0 aliphatic carbocycles. The molecule has 0 spiro atoms. The van der Waals surface area contributed by atoms with E-state index in [0.717, 1.165) is 50.1 Å². The lowest BCUT2D eigenvalue weighted by atomic mass is 10.2. The molecule has 1 atom stereocenters. The second-order valence-corrected chi connectivity index (χ2v) is 9.73. The van der Waals surface area contributed by atoms with Gasteiger partial charge in [-0.15, -0.1) is 0 Å². The summed E-state index contributed by atoms with van der Waals surface area (Å²) in [5.41, 5.74) is 1.82. The fraction of sp³-hybridized carbons (Fsp3) is 0.632. The Morgan fingerprint density at radius 1 is 1.19 bits per heavy atom. The Morgan fingerprint density at radius 3 is 2.70 bits per heavy atom. The lowest BCUT2D eigenvalue weighted by molar-refractivity contribution is -0.119. The molecule has 2 saturated heterocycles. The first-order chi connectivity index (χ1) is 12.9. The molecule has 2 fully saturated rings. The zero-order valence-electron chi connectivity index (χ0n) is 15.9. The molecule has 3 heterocycles. The van der Waals surface area contributed by atoms with Gasteiger partial charge in [0.1, 0.15) is 0 Å². The maximum atomic E-state index is 12.9. The molecular weight excluding hydrogens is 364 g/mol. The zero-order valence-corrected chi connectivity index (χ0v) is 16.7. The quantitative estimate of drug-likeness (QED) is 0.815. The van der Waals surface area contributed by atoms with Crippen molar-refractivity contribution in [3.05, 3.63) is 23.8 Å². The fourth-order valence-electron chi connectivity index (χ4n) is 4.29. The molecule has 0 saturated carbocycles. The molecule has 1 N–H and O–H groups in total. The van der Waals surface area contributed by atoms with Crippen molar-refractivity contribution >= 4 is 21.6 Å². The van der Waals surface area contributed by atoms with Crippen molar-refractivity contribution in [3.63, 3.8) is 0 Å². The topological polar surface area (TPSA) is 73.0 Å². The van der Waals surface area contributed by atoms with Gasteiger partial charge in [0.15, 0.2) is 0 Å². The van der Waals surface area contributed by atoms with Crippen LogP contribution in [0.5, 0.6) is 0 Å². The number of fused-ring (bicyclic) bond motifs is 1. The average Bonchev–Trinajstić information content (AvgIpc) is 3.31. The second-order valence-electron chi connectivity index (χ2n) is 7.79. The zero-order chi connectivity index (χ0) is 19.0. The number of benzene rings is 1. The number of rotatable bonds is 4. The van der Waals surface area contributed by atoms with E-state index in [9.17, 15) is 13.2 Å². The van der Waals surface area contributed by atoms with Gasteiger partial charge in [0.25, 0.3) is 0 Å². The van der Waals surface area contributed by atoms with Crippen molar-refractivity contribution in [2.24, 2.45) is 0 Å². The smallest absolute Gasteiger partial charge is 0.243 e. The van der Waals surface area contributed by atoms with Gasteiger partial charge in [0.2, 0.25) is 15.9 Å². The SMILES string of the molecule is C[C@@H]1CN(CC(=O)N2CCc3ccc(S(=O)(=O)N4CCCC4)cc32)CCN1. The normalized spacial score (nSPS) is 24.3. The molecule has 7 nitrogen and oxygen atoms in total. The third-order valence-corrected chi connectivity index (χ3v) is 7.66. The van der Waals surface area contributed by atoms with Crippen molar-refractivity contribution < 1.29 is 13.2 Å². The summed E-state index contributed by atoms with van der Waals surface area (Å²) in [4.78, 5) is 17.2. The van der Waals surface area contributed by atoms with Gasteiger partial charge < -0.3 is 10.2 Å². The molecule has 148 valence electrons. The van der Waals surface area contributed by atoms with Crippen molar-refractivity contribution in [2.45, 2.75) is 37.1 Å². The summed E-state index contributed by atoms with van der Waals surface area (Å²) in [6, 6.07) is 5.65. The molecule has 0 bridgehead atoms. The fourth-order valence-corrected chi connectivity index (χ4v) is 5.83. The van der Waals surface area contributed by atoms with E-state index in [-0.39, 0.29) is 5.91 Å². The Morgan fingerprint density at radius 2 is 1.96 bits per heavy atom. The standard InChI is InChI=1S/C19H28N4O3S/c1-15-13-21(11-7-20-15)14-19(24)23-10-6-16-4-5-17(12-18(16)23)27(25,26)22-8-2-3-9-22/h4-5,12,15,20H,2-3,6-11,13-14H2,1H3/t15-/m1/s1. The average molecular weight is 393 g/mol. The minimum atomic E-state index is -3.47. The van der Waals surface area contributed by atoms with Crippen molar-refractivity contribution in [3.8, 4) is 0 Å². The lowest BCUT2D eigenvalue weighted by Gasteiger charge is -2.32. The number of hydrogen-bond acceptors (Lipinski definition) is 5. The van der Waals surface area contributed by atoms with Gasteiger partial charge in [0, 0.05) is 51.0 Å². The van der Waals surface area contributed by atoms with Gasteiger partial charge in [-0.1, -0.05) is 6.07 Å². The maximum absolute atomic E-state index is 12.9. The van der Waals surface area contributed by atoms with Gasteiger partial charge in [-0.25, -0.2) is 8.42 Å². The number of nitrogens with one attached hydrogen (secondary N) is 1. The molecule has 3 aliphatic heterocycles. The van der Waals surface area contributed by atoms with Crippen LogP contribution in [0.25, 0.3) is 0 Å². The van der Waals surface area contributed by atoms with Gasteiger partial charge in [-0.2, -0.15) is 4.31 Å². The molecule has 3 aliphatic rings. The highest BCUT2D eigenvalue weighted by molar-refractivity contribution is 7.89. The Hall–Kier alpha value is -1.48. The number of anilines is 1. The molecule has 4 rings (SSSR count). The van der Waals surface area contributed by atoms with Gasteiger partial charge in [-0.05, 0) is 43.9 Å². The third kappa shape index (κ3) is 3.76. The van der Waals surface area contributed by atoms with E-state index >= 15 is 0 Å². The van der Waals surface area contributed by atoms with Crippen LogP contribution < -0.4 is 10.2 Å². The van der Waals surface area contributed by atoms with E-state index in [2.05, 4.69) is 17.1 Å². The largest absolute Gasteiger partial charge is 0.312 e. The summed E-state index contributed by atoms with van der Waals surface area (Å²) in [5.74, 6) is 0.0542. The Bertz CT molecular complexity index is 820. The second kappa shape index (κ2) is 7.50. The number of nitrogens with zero attached hydrogens (tertiary/aromatic N) is 3. The minimum absolute atomic E-state index is 0.0542. The summed E-state index contributed by atoms with van der Waals surface area (Å²) in [7, 11) is -3.47. The highest BCUT2D eigenvalue weighted by Crippen LogP contribution is 2.32. The Labute approximate surface area is 161 Å². The van der Waals surface area contributed by atoms with Crippen LogP contribution in [0.3, 0.4) is 0 Å². The summed E-state index contributed by atoms with van der Waals surface area (Å²) in [5, 5.41) is 3.38. The highest BCUT2D eigenvalue weighted by Gasteiger charge is 2.31. The van der Waals surface area contributed by atoms with E-state index in [4.69, 9.17) is 0 Å². The van der Waals surface area contributed by atoms with Gasteiger partial charge >= 0.3 is 0 Å². The Kier molecular flexibility index (Phi) is 5.24. The molecule has 27 heavy (non-hydrogen) atoms. The predicted molar refractivity (Wildman–Crippen MR) is 104 cm³/mol. The van der Waals surface area contributed by atoms with E-state index in [1.807, 2.05) is 6.07 Å². The first kappa shape index (κ1) is 18.9. The van der Waals surface area contributed by atoms with Crippen LogP contribution in [0.2, 0.25) is 0 Å². The van der Waals surface area contributed by atoms with E-state index in [0.29, 0.717) is 37.1 Å². The number of carbonyl (C=O) groups excluding carboxylic acids is 1. The molecule has 1 aromatic carbocycles. The van der Waals surface area contributed by atoms with Crippen LogP contribution >= 0.6 is 0 Å². The van der Waals surface area contributed by atoms with E-state index in [1.54, 1.807) is 21.3 Å². The highest BCUT2D eigenvalue weighted by atomic mass is 32.2. The first-order valence-electron chi connectivity index (χ1n) is 9.84. The molecule has 8 heteroatoms. The predicted octanol–water partition coefficient (Wildman–Crippen LogP) is 0.654. The van der Waals surface area contributed by atoms with E-state index < -0.39 is 10.0 Å². The Balaban J connectivity index is 1.53. The van der Waals surface area contributed by atoms with Crippen molar-refractivity contribution in [2.75, 3.05) is 50.7 Å². The van der Waals surface area contributed by atoms with Crippen molar-refractivity contribution in [1.82, 2.24) is 14.5 Å². The molecule has 0 aromatic heterocycles. The molecular formula is C19H28N4O3S. The lowest BCUT2D eigenvalue weighted by Crippen LogP contribution is -2.52. The van der Waals surface area contributed by atoms with Crippen LogP contribution in [-0.2, 0) is 21.2 Å². The maximum Gasteiger partial charge on any atom is 0.243 e. The van der Waals surface area contributed by atoms with Crippen LogP contribution in [0, 0.1) is 0 Å². The summed E-state index contributed by atoms with van der Waals surface area (Å²) >= 11 is 0.